The van der Waals surface area contributed by atoms with Gasteiger partial charge in [-0.2, -0.15) is 0 Å². The highest BCUT2D eigenvalue weighted by Crippen LogP contribution is 2.21. The van der Waals surface area contributed by atoms with Crippen molar-refractivity contribution in [3.05, 3.63) is 30.6 Å². The van der Waals surface area contributed by atoms with E-state index in [9.17, 15) is 0 Å². The Morgan fingerprint density at radius 2 is 1.93 bits per heavy atom. The lowest BCUT2D eigenvalue weighted by Gasteiger charge is -2.04. The van der Waals surface area contributed by atoms with Crippen LogP contribution in [0.3, 0.4) is 0 Å². The van der Waals surface area contributed by atoms with Gasteiger partial charge in [-0.1, -0.05) is 0 Å². The molecule has 2 aromatic rings. The lowest BCUT2D eigenvalue weighted by molar-refractivity contribution is 0.649. The number of hydrogen-bond acceptors (Lipinski definition) is 3. The molecule has 0 amide bonds. The molecular formula is C10H10N2OS. The van der Waals surface area contributed by atoms with Crippen LogP contribution in [0.5, 0.6) is 5.75 Å². The van der Waals surface area contributed by atoms with Crippen LogP contribution in [0.2, 0.25) is 0 Å². The van der Waals surface area contributed by atoms with E-state index in [4.69, 9.17) is 4.18 Å². The number of fused-ring (bicyclic) bond motifs is 1. The highest BCUT2D eigenvalue weighted by molar-refractivity contribution is 8.09. The second-order valence-corrected chi connectivity index (χ2v) is 4.18. The van der Waals surface area contributed by atoms with E-state index >= 15 is 0 Å². The molecule has 2 rings (SSSR count). The predicted molar refractivity (Wildman–Crippen MR) is 60.8 cm³/mol. The minimum Gasteiger partial charge on any atom is -0.435 e. The fourth-order valence-corrected chi connectivity index (χ4v) is 1.59. The van der Waals surface area contributed by atoms with Gasteiger partial charge in [0.15, 0.2) is 0 Å². The minimum absolute atomic E-state index is 0.308. The second-order valence-electron chi connectivity index (χ2n) is 2.86. The molecule has 72 valence electrons. The number of benzene rings is 1. The molecule has 0 saturated carbocycles. The van der Waals surface area contributed by atoms with Gasteiger partial charge < -0.3 is 4.18 Å². The van der Waals surface area contributed by atoms with E-state index in [2.05, 4.69) is 15.8 Å². The maximum absolute atomic E-state index is 5.47. The summed E-state index contributed by atoms with van der Waals surface area (Å²) >= 11 is 0. The van der Waals surface area contributed by atoms with Crippen molar-refractivity contribution in [1.29, 1.82) is 0 Å². The van der Waals surface area contributed by atoms with Gasteiger partial charge in [-0.15, -0.1) is 0 Å². The molecule has 0 N–H and O–H groups in total. The van der Waals surface area contributed by atoms with Crippen LogP contribution in [-0.4, -0.2) is 22.1 Å². The summed E-state index contributed by atoms with van der Waals surface area (Å²) in [5.74, 6) is 4.57. The van der Waals surface area contributed by atoms with Crippen molar-refractivity contribution in [2.24, 2.45) is 0 Å². The summed E-state index contributed by atoms with van der Waals surface area (Å²) in [4.78, 5) is 8.36. The Morgan fingerprint density at radius 3 is 2.64 bits per heavy atom. The van der Waals surface area contributed by atoms with Crippen LogP contribution in [0.15, 0.2) is 30.6 Å². The average molecular weight is 206 g/mol. The molecule has 0 radical (unpaired) electrons. The summed E-state index contributed by atoms with van der Waals surface area (Å²) in [6.07, 6.45) is 5.26. The van der Waals surface area contributed by atoms with Gasteiger partial charge in [-0.25, -0.2) is 0 Å². The maximum atomic E-state index is 5.47. The SMILES string of the molecule is C=S(C)Oc1ccc2nccnc2c1. The fraction of sp³-hybridized carbons (Fsp3) is 0.100. The molecule has 0 aliphatic carbocycles. The summed E-state index contributed by atoms with van der Waals surface area (Å²) in [6.45, 7) is 0. The topological polar surface area (TPSA) is 35.0 Å². The summed E-state index contributed by atoms with van der Waals surface area (Å²) in [6, 6.07) is 5.65. The van der Waals surface area contributed by atoms with Crippen LogP contribution in [0.1, 0.15) is 0 Å². The number of rotatable bonds is 2. The van der Waals surface area contributed by atoms with Crippen LogP contribution in [0.25, 0.3) is 11.0 Å². The van der Waals surface area contributed by atoms with Crippen molar-refractivity contribution in [2.45, 2.75) is 0 Å². The van der Waals surface area contributed by atoms with E-state index in [-0.39, 0.29) is 10.8 Å². The van der Waals surface area contributed by atoms with E-state index in [1.165, 1.54) is 0 Å². The van der Waals surface area contributed by atoms with Crippen LogP contribution >= 0.6 is 10.8 Å². The summed E-state index contributed by atoms with van der Waals surface area (Å²) < 4.78 is 5.47. The molecule has 0 aliphatic rings. The van der Waals surface area contributed by atoms with E-state index in [1.807, 2.05) is 24.5 Å². The lowest BCUT2D eigenvalue weighted by Crippen LogP contribution is -1.85. The van der Waals surface area contributed by atoms with Gasteiger partial charge in [-0.3, -0.25) is 9.97 Å². The molecule has 0 saturated heterocycles. The monoisotopic (exact) mass is 206 g/mol. The number of aromatic nitrogens is 2. The summed E-state index contributed by atoms with van der Waals surface area (Å²) in [7, 11) is -0.308. The first-order valence-electron chi connectivity index (χ1n) is 4.10. The third kappa shape index (κ3) is 1.90. The van der Waals surface area contributed by atoms with Gasteiger partial charge in [0.05, 0.1) is 11.0 Å². The fourth-order valence-electron chi connectivity index (χ4n) is 1.16. The average Bonchev–Trinajstić information content (AvgIpc) is 2.17. The maximum Gasteiger partial charge on any atom is 0.138 e. The van der Waals surface area contributed by atoms with Crippen LogP contribution < -0.4 is 4.18 Å². The molecule has 0 spiro atoms. The van der Waals surface area contributed by atoms with Crippen LogP contribution in [-0.2, 0) is 0 Å². The van der Waals surface area contributed by atoms with Gasteiger partial charge >= 0.3 is 0 Å². The van der Waals surface area contributed by atoms with Gasteiger partial charge in [-0.05, 0) is 28.8 Å². The Balaban J connectivity index is 2.46. The molecule has 0 bridgehead atoms. The molecule has 1 atom stereocenters. The zero-order valence-electron chi connectivity index (χ0n) is 7.80. The number of hydrogen-bond donors (Lipinski definition) is 0. The van der Waals surface area contributed by atoms with E-state index in [0.29, 0.717) is 0 Å². The smallest absolute Gasteiger partial charge is 0.138 e. The van der Waals surface area contributed by atoms with Gasteiger partial charge in [0, 0.05) is 24.7 Å². The molecule has 1 unspecified atom stereocenters. The van der Waals surface area contributed by atoms with E-state index < -0.39 is 0 Å². The van der Waals surface area contributed by atoms with E-state index in [1.54, 1.807) is 12.4 Å². The van der Waals surface area contributed by atoms with E-state index in [0.717, 1.165) is 16.8 Å². The summed E-state index contributed by atoms with van der Waals surface area (Å²) in [5.41, 5.74) is 1.72. The van der Waals surface area contributed by atoms with Crippen molar-refractivity contribution in [3.8, 4) is 5.75 Å². The first-order chi connectivity index (χ1) is 6.75. The Morgan fingerprint density at radius 1 is 1.21 bits per heavy atom. The first-order valence-corrected chi connectivity index (χ1v) is 5.83. The second kappa shape index (κ2) is 3.75. The molecule has 4 heteroatoms. The Bertz CT molecular complexity index is 484. The van der Waals surface area contributed by atoms with Crippen molar-refractivity contribution < 1.29 is 4.18 Å². The molecular weight excluding hydrogens is 196 g/mol. The zero-order valence-corrected chi connectivity index (χ0v) is 8.62. The lowest BCUT2D eigenvalue weighted by atomic mass is 10.3. The zero-order chi connectivity index (χ0) is 9.97. The van der Waals surface area contributed by atoms with Crippen molar-refractivity contribution >= 4 is 27.7 Å². The van der Waals surface area contributed by atoms with Crippen molar-refractivity contribution in [1.82, 2.24) is 9.97 Å². The molecule has 14 heavy (non-hydrogen) atoms. The van der Waals surface area contributed by atoms with Crippen molar-refractivity contribution in [2.75, 3.05) is 6.26 Å². The Kier molecular flexibility index (Phi) is 2.45. The Labute approximate surface area is 84.9 Å². The van der Waals surface area contributed by atoms with Crippen LogP contribution in [0, 0.1) is 0 Å². The standard InChI is InChI=1S/C10H10N2OS/c1-14(2)13-8-3-4-9-10(7-8)12-6-5-11-9/h3-7H,1H2,2H3. The summed E-state index contributed by atoms with van der Waals surface area (Å²) in [5, 5.41) is 0. The molecule has 1 heterocycles. The van der Waals surface area contributed by atoms with Gasteiger partial charge in [0.25, 0.3) is 0 Å². The van der Waals surface area contributed by atoms with Gasteiger partial charge in [0.2, 0.25) is 0 Å². The molecule has 1 aromatic heterocycles. The van der Waals surface area contributed by atoms with Crippen LogP contribution in [0.4, 0.5) is 0 Å². The third-order valence-electron chi connectivity index (χ3n) is 1.68. The largest absolute Gasteiger partial charge is 0.435 e. The van der Waals surface area contributed by atoms with Crippen molar-refractivity contribution in [3.63, 3.8) is 0 Å². The minimum atomic E-state index is -0.308. The molecule has 1 aromatic carbocycles. The molecule has 0 aliphatic heterocycles. The first kappa shape index (κ1) is 9.15. The highest BCUT2D eigenvalue weighted by atomic mass is 32.2. The predicted octanol–water partition coefficient (Wildman–Crippen LogP) is 2.25. The number of nitrogens with zero attached hydrogens (tertiary/aromatic N) is 2. The molecule has 0 fully saturated rings. The molecule has 3 nitrogen and oxygen atoms in total. The normalized spacial score (nSPS) is 12.6. The quantitative estimate of drug-likeness (QED) is 0.707. The highest BCUT2D eigenvalue weighted by Gasteiger charge is 1.98. The van der Waals surface area contributed by atoms with Gasteiger partial charge in [0.1, 0.15) is 5.75 Å². The third-order valence-corrected chi connectivity index (χ3v) is 2.16. The Hall–Kier alpha value is -1.42.